The largest absolute Gasteiger partial charge is 0.394 e. The Hall–Kier alpha value is -2.55. The third-order valence-electron chi connectivity index (χ3n) is 8.22. The second-order valence-electron chi connectivity index (χ2n) is 11.9. The maximum absolute atomic E-state index is 12.2. The van der Waals surface area contributed by atoms with Crippen LogP contribution in [0.3, 0.4) is 0 Å². The van der Waals surface area contributed by atoms with E-state index in [4.69, 9.17) is 23.7 Å². The quantitative estimate of drug-likeness (QED) is 0.0514. The molecule has 21 nitrogen and oxygen atoms in total. The van der Waals surface area contributed by atoms with E-state index < -0.39 is 135 Å². The smallest absolute Gasteiger partial charge is 0.244 e. The van der Waals surface area contributed by atoms with Crippen LogP contribution in [-0.4, -0.2) is 188 Å². The number of rotatable bonds is 16. The van der Waals surface area contributed by atoms with Crippen molar-refractivity contribution in [3.05, 3.63) is 12.7 Å². The van der Waals surface area contributed by atoms with Gasteiger partial charge in [0.1, 0.15) is 72.5 Å². The summed E-state index contributed by atoms with van der Waals surface area (Å²) in [6, 6.07) is -2.60. The summed E-state index contributed by atoms with van der Waals surface area (Å²) >= 11 is 1.03. The van der Waals surface area contributed by atoms with Gasteiger partial charge in [-0.1, -0.05) is 6.58 Å². The van der Waals surface area contributed by atoms with Gasteiger partial charge in [-0.15, -0.1) is 11.8 Å². The Labute approximate surface area is 296 Å². The van der Waals surface area contributed by atoms with E-state index in [0.29, 0.717) is 0 Å². The van der Waals surface area contributed by atoms with Crippen LogP contribution in [0.15, 0.2) is 12.7 Å². The van der Waals surface area contributed by atoms with Crippen LogP contribution in [0.1, 0.15) is 20.3 Å². The SMILES string of the molecule is C=CC(=O)NCNC(=O)CCS[C@@H]1O[C@H](CO)[C@@H](O[C@@H]2O[C@H](CO)[C@H](O[C@@H]3O[C@H](CO)[C@@H](O)[C@H](O)[C@H]3NC(C)=O)[C@H](O)[C@H]2O)[C@H](O)[C@H]1NC(C)=O. The number of carbonyl (C=O) groups is 4. The number of nitrogens with one attached hydrogen (secondary N) is 4. The van der Waals surface area contributed by atoms with Crippen molar-refractivity contribution in [3.63, 3.8) is 0 Å². The van der Waals surface area contributed by atoms with Gasteiger partial charge in [0.25, 0.3) is 0 Å². The average molecular weight is 757 g/mol. The van der Waals surface area contributed by atoms with Gasteiger partial charge in [0, 0.05) is 26.0 Å². The highest BCUT2D eigenvalue weighted by Crippen LogP contribution is 2.34. The van der Waals surface area contributed by atoms with Crippen LogP contribution in [0.4, 0.5) is 0 Å². The highest BCUT2D eigenvalue weighted by atomic mass is 32.2. The second-order valence-corrected chi connectivity index (χ2v) is 13.1. The first-order valence-electron chi connectivity index (χ1n) is 16.0. The van der Waals surface area contributed by atoms with E-state index in [9.17, 15) is 60.0 Å². The fourth-order valence-corrected chi connectivity index (χ4v) is 6.85. The van der Waals surface area contributed by atoms with Crippen molar-refractivity contribution in [2.45, 2.75) is 111 Å². The Morgan fingerprint density at radius 3 is 1.84 bits per heavy atom. The van der Waals surface area contributed by atoms with Gasteiger partial charge in [0.15, 0.2) is 12.6 Å². The topological polar surface area (TPSA) is 324 Å². The predicted molar refractivity (Wildman–Crippen MR) is 171 cm³/mol. The van der Waals surface area contributed by atoms with Crippen molar-refractivity contribution in [1.82, 2.24) is 21.3 Å². The summed E-state index contributed by atoms with van der Waals surface area (Å²) in [5, 5.41) is 94.0. The predicted octanol–water partition coefficient (Wildman–Crippen LogP) is -6.78. The monoisotopic (exact) mass is 756 g/mol. The number of hydrogen-bond acceptors (Lipinski definition) is 18. The van der Waals surface area contributed by atoms with Gasteiger partial charge in [-0.05, 0) is 6.08 Å². The molecule has 0 spiro atoms. The minimum atomic E-state index is -1.96. The van der Waals surface area contributed by atoms with Gasteiger partial charge < -0.3 is 85.8 Å². The number of carbonyl (C=O) groups excluding carboxylic acids is 4. The minimum absolute atomic E-state index is 0.0511. The van der Waals surface area contributed by atoms with Crippen molar-refractivity contribution in [2.24, 2.45) is 0 Å². The molecular weight excluding hydrogens is 708 g/mol. The third-order valence-corrected chi connectivity index (χ3v) is 9.39. The molecule has 292 valence electrons. The van der Waals surface area contributed by atoms with E-state index in [1.165, 1.54) is 6.92 Å². The van der Waals surface area contributed by atoms with Gasteiger partial charge in [0.05, 0.1) is 32.5 Å². The van der Waals surface area contributed by atoms with E-state index in [1.807, 2.05) is 0 Å². The van der Waals surface area contributed by atoms with E-state index in [1.54, 1.807) is 0 Å². The fourth-order valence-electron chi connectivity index (χ4n) is 5.65. The molecule has 22 heteroatoms. The van der Waals surface area contributed by atoms with Crippen LogP contribution >= 0.6 is 11.8 Å². The Morgan fingerprint density at radius 1 is 0.706 bits per heavy atom. The van der Waals surface area contributed by atoms with Crippen molar-refractivity contribution in [1.29, 1.82) is 0 Å². The van der Waals surface area contributed by atoms with Crippen molar-refractivity contribution in [2.75, 3.05) is 32.2 Å². The Balaban J connectivity index is 1.71. The number of amides is 4. The lowest BCUT2D eigenvalue weighted by Gasteiger charge is -2.49. The first-order valence-corrected chi connectivity index (χ1v) is 17.0. The summed E-state index contributed by atoms with van der Waals surface area (Å²) in [6.07, 6.45) is -18.5. The molecule has 3 rings (SSSR count). The van der Waals surface area contributed by atoms with E-state index in [2.05, 4.69) is 27.8 Å². The number of thioether (sulfide) groups is 1. The van der Waals surface area contributed by atoms with E-state index >= 15 is 0 Å². The summed E-state index contributed by atoms with van der Waals surface area (Å²) < 4.78 is 28.7. The zero-order chi connectivity index (χ0) is 38.0. The molecule has 51 heavy (non-hydrogen) atoms. The van der Waals surface area contributed by atoms with Crippen LogP contribution < -0.4 is 21.3 Å². The van der Waals surface area contributed by atoms with Crippen LogP contribution in [0.25, 0.3) is 0 Å². The summed E-state index contributed by atoms with van der Waals surface area (Å²) in [5.41, 5.74) is -1.01. The van der Waals surface area contributed by atoms with Crippen molar-refractivity contribution < 1.29 is 83.7 Å². The fraction of sp³-hybridized carbons (Fsp3) is 0.793. The molecule has 15 atom stereocenters. The molecule has 0 aromatic heterocycles. The van der Waals surface area contributed by atoms with Gasteiger partial charge in [-0.25, -0.2) is 0 Å². The molecule has 3 aliphatic heterocycles. The second kappa shape index (κ2) is 20.1. The van der Waals surface area contributed by atoms with Gasteiger partial charge in [0.2, 0.25) is 23.6 Å². The molecule has 0 radical (unpaired) electrons. The maximum Gasteiger partial charge on any atom is 0.244 e. The summed E-state index contributed by atoms with van der Waals surface area (Å²) in [7, 11) is 0. The van der Waals surface area contributed by atoms with E-state index in [-0.39, 0.29) is 18.8 Å². The molecule has 12 N–H and O–H groups in total. The lowest BCUT2D eigenvalue weighted by Crippen LogP contribution is -2.69. The summed E-state index contributed by atoms with van der Waals surface area (Å²) in [4.78, 5) is 47.3. The molecule has 0 aromatic carbocycles. The van der Waals surface area contributed by atoms with Gasteiger partial charge in [-0.3, -0.25) is 19.2 Å². The number of aliphatic hydroxyl groups excluding tert-OH is 8. The van der Waals surface area contributed by atoms with Crippen LogP contribution in [-0.2, 0) is 42.9 Å². The average Bonchev–Trinajstić information content (AvgIpc) is 3.09. The highest BCUT2D eigenvalue weighted by molar-refractivity contribution is 7.99. The zero-order valence-corrected chi connectivity index (χ0v) is 28.7. The van der Waals surface area contributed by atoms with Crippen molar-refractivity contribution >= 4 is 35.4 Å². The molecule has 0 unspecified atom stereocenters. The number of ether oxygens (including phenoxy) is 5. The first-order chi connectivity index (χ1) is 24.2. The Morgan fingerprint density at radius 2 is 1.25 bits per heavy atom. The summed E-state index contributed by atoms with van der Waals surface area (Å²) in [6.45, 7) is 3.11. The third kappa shape index (κ3) is 11.2. The molecule has 0 aromatic rings. The molecule has 0 bridgehead atoms. The first kappa shape index (κ1) is 42.9. The normalized spacial score (nSPS) is 38.3. The van der Waals surface area contributed by atoms with Crippen LogP contribution in [0.2, 0.25) is 0 Å². The lowest BCUT2D eigenvalue weighted by molar-refractivity contribution is -0.361. The summed E-state index contributed by atoms with van der Waals surface area (Å²) in [5.74, 6) is -2.01. The molecule has 0 aliphatic carbocycles. The molecule has 3 fully saturated rings. The highest BCUT2D eigenvalue weighted by Gasteiger charge is 2.54. The van der Waals surface area contributed by atoms with Gasteiger partial charge >= 0.3 is 0 Å². The van der Waals surface area contributed by atoms with Gasteiger partial charge in [-0.2, -0.15) is 0 Å². The number of hydrogen-bond donors (Lipinski definition) is 12. The maximum atomic E-state index is 12.2. The Kier molecular flexibility index (Phi) is 16.9. The Bertz CT molecular complexity index is 1190. The van der Waals surface area contributed by atoms with Crippen molar-refractivity contribution in [3.8, 4) is 0 Å². The zero-order valence-electron chi connectivity index (χ0n) is 27.8. The molecular formula is C29H48N4O17S. The molecule has 4 amide bonds. The van der Waals surface area contributed by atoms with Crippen LogP contribution in [0, 0.1) is 0 Å². The number of aliphatic hydroxyl groups is 8. The van der Waals surface area contributed by atoms with Crippen LogP contribution in [0.5, 0.6) is 0 Å². The standard InChI is InChI=1S/C29H48N4O17S/c1-4-16(39)30-10-31-17(40)5-6-51-29-19(33-12(3)38)22(43)25(15(9-36)48-29)50-28-24(45)23(44)26(14(8-35)47-28)49-27-18(32-11(2)37)21(42)20(41)13(7-34)46-27/h4,13-15,18-29,34-36,41-45H,1,5-10H2,2-3H3,(H,30,39)(H,31,40)(H,32,37)(H,33,38)/t13-,14-,15-,18-,19-,20-,21-,22-,23-,24-,25-,26+,27+,28+,29+/m1/s1. The molecule has 3 aliphatic rings. The van der Waals surface area contributed by atoms with E-state index in [0.717, 1.165) is 24.8 Å². The molecule has 0 saturated carbocycles. The minimum Gasteiger partial charge on any atom is -0.394 e. The lowest BCUT2D eigenvalue weighted by atomic mass is 9.95. The molecule has 3 heterocycles. The molecule has 3 saturated heterocycles.